The van der Waals surface area contributed by atoms with Crippen LogP contribution >= 0.6 is 0 Å². The van der Waals surface area contributed by atoms with Gasteiger partial charge in [0.2, 0.25) is 0 Å². The molecule has 1 fully saturated rings. The summed E-state index contributed by atoms with van der Waals surface area (Å²) in [6, 6.07) is 19.1. The molecule has 1 amide bonds. The SMILES string of the molecule is Cc1cc(CN2CCC(CNC(=O)c3ccccc3Oc3ccccc3)CC2)c(C)o1. The Hall–Kier alpha value is -3.05. The Morgan fingerprint density at radius 3 is 2.48 bits per heavy atom. The van der Waals surface area contributed by atoms with Crippen molar-refractivity contribution >= 4 is 5.91 Å². The van der Waals surface area contributed by atoms with Crippen LogP contribution in [0.1, 0.15) is 40.3 Å². The molecule has 2 heterocycles. The molecule has 1 saturated heterocycles. The Labute approximate surface area is 184 Å². The van der Waals surface area contributed by atoms with Crippen LogP contribution in [0, 0.1) is 19.8 Å². The number of rotatable bonds is 7. The van der Waals surface area contributed by atoms with Gasteiger partial charge < -0.3 is 14.5 Å². The molecule has 0 saturated carbocycles. The van der Waals surface area contributed by atoms with Crippen LogP contribution < -0.4 is 10.1 Å². The van der Waals surface area contributed by atoms with Gasteiger partial charge in [-0.15, -0.1) is 0 Å². The number of likely N-dealkylation sites (tertiary alicyclic amines) is 1. The van der Waals surface area contributed by atoms with E-state index in [-0.39, 0.29) is 5.91 Å². The number of furan rings is 1. The Balaban J connectivity index is 1.28. The molecule has 1 aromatic heterocycles. The van der Waals surface area contributed by atoms with Gasteiger partial charge in [0, 0.05) is 18.7 Å². The van der Waals surface area contributed by atoms with Crippen molar-refractivity contribution in [3.05, 3.63) is 83.3 Å². The Morgan fingerprint density at radius 1 is 1.06 bits per heavy atom. The van der Waals surface area contributed by atoms with E-state index in [9.17, 15) is 4.79 Å². The Morgan fingerprint density at radius 2 is 1.77 bits per heavy atom. The second-order valence-electron chi connectivity index (χ2n) is 8.28. The molecule has 1 aliphatic heterocycles. The molecule has 0 atom stereocenters. The molecule has 0 spiro atoms. The minimum absolute atomic E-state index is 0.0848. The van der Waals surface area contributed by atoms with E-state index in [0.29, 0.717) is 23.8 Å². The summed E-state index contributed by atoms with van der Waals surface area (Å²) in [6.45, 7) is 7.73. The molecule has 0 aliphatic carbocycles. The highest BCUT2D eigenvalue weighted by atomic mass is 16.5. The molecule has 3 aromatic rings. The molecule has 1 aliphatic rings. The smallest absolute Gasteiger partial charge is 0.255 e. The molecule has 31 heavy (non-hydrogen) atoms. The van der Waals surface area contributed by atoms with Crippen molar-refractivity contribution < 1.29 is 13.9 Å². The van der Waals surface area contributed by atoms with Gasteiger partial charge in [-0.3, -0.25) is 9.69 Å². The molecule has 0 unspecified atom stereocenters. The lowest BCUT2D eigenvalue weighted by Gasteiger charge is -2.31. The van der Waals surface area contributed by atoms with Crippen LogP contribution in [0.5, 0.6) is 11.5 Å². The fraction of sp³-hybridized carbons (Fsp3) is 0.346. The van der Waals surface area contributed by atoms with Crippen LogP contribution in [-0.4, -0.2) is 30.4 Å². The lowest BCUT2D eigenvalue weighted by Crippen LogP contribution is -2.38. The minimum Gasteiger partial charge on any atom is -0.466 e. The zero-order valence-electron chi connectivity index (χ0n) is 18.3. The van der Waals surface area contributed by atoms with Crippen molar-refractivity contribution in [3.8, 4) is 11.5 Å². The lowest BCUT2D eigenvalue weighted by atomic mass is 9.96. The van der Waals surface area contributed by atoms with E-state index in [2.05, 4.69) is 16.3 Å². The minimum atomic E-state index is -0.0848. The summed E-state index contributed by atoms with van der Waals surface area (Å²) in [5, 5.41) is 3.12. The third kappa shape index (κ3) is 5.56. The average Bonchev–Trinajstić information content (AvgIpc) is 3.10. The second-order valence-corrected chi connectivity index (χ2v) is 8.28. The molecule has 5 nitrogen and oxygen atoms in total. The van der Waals surface area contributed by atoms with E-state index in [1.807, 2.05) is 68.4 Å². The van der Waals surface area contributed by atoms with Gasteiger partial charge in [0.1, 0.15) is 23.0 Å². The number of aryl methyl sites for hydroxylation is 2. The number of carbonyl (C=O) groups excluding carboxylic acids is 1. The monoisotopic (exact) mass is 418 g/mol. The van der Waals surface area contributed by atoms with E-state index < -0.39 is 0 Å². The molecular weight excluding hydrogens is 388 g/mol. The van der Waals surface area contributed by atoms with Crippen LogP contribution in [-0.2, 0) is 6.54 Å². The maximum absolute atomic E-state index is 12.8. The number of amides is 1. The third-order valence-electron chi connectivity index (χ3n) is 5.90. The highest BCUT2D eigenvalue weighted by Crippen LogP contribution is 2.25. The van der Waals surface area contributed by atoms with Crippen LogP contribution in [0.3, 0.4) is 0 Å². The van der Waals surface area contributed by atoms with Crippen molar-refractivity contribution in [2.75, 3.05) is 19.6 Å². The third-order valence-corrected chi connectivity index (χ3v) is 5.90. The van der Waals surface area contributed by atoms with Gasteiger partial charge in [-0.1, -0.05) is 30.3 Å². The Bertz CT molecular complexity index is 1000. The van der Waals surface area contributed by atoms with E-state index >= 15 is 0 Å². The predicted octanol–water partition coefficient (Wildman–Crippen LogP) is 5.33. The first-order chi connectivity index (χ1) is 15.1. The number of nitrogens with zero attached hydrogens (tertiary/aromatic N) is 1. The van der Waals surface area contributed by atoms with E-state index in [4.69, 9.17) is 9.15 Å². The largest absolute Gasteiger partial charge is 0.466 e. The molecule has 5 heteroatoms. The van der Waals surface area contributed by atoms with Crippen LogP contribution in [0.15, 0.2) is 65.1 Å². The molecule has 4 rings (SSSR count). The predicted molar refractivity (Wildman–Crippen MR) is 121 cm³/mol. The first kappa shape index (κ1) is 21.2. The topological polar surface area (TPSA) is 54.7 Å². The lowest BCUT2D eigenvalue weighted by molar-refractivity contribution is 0.0933. The summed E-state index contributed by atoms with van der Waals surface area (Å²) in [6.07, 6.45) is 2.16. The van der Waals surface area contributed by atoms with E-state index in [1.54, 1.807) is 0 Å². The fourth-order valence-electron chi connectivity index (χ4n) is 4.12. The van der Waals surface area contributed by atoms with Crippen LogP contribution in [0.25, 0.3) is 0 Å². The van der Waals surface area contributed by atoms with Gasteiger partial charge in [-0.25, -0.2) is 0 Å². The highest BCUT2D eigenvalue weighted by molar-refractivity contribution is 5.97. The number of nitrogens with one attached hydrogen (secondary N) is 1. The second kappa shape index (κ2) is 9.84. The average molecular weight is 419 g/mol. The first-order valence-electron chi connectivity index (χ1n) is 11.0. The number of benzene rings is 2. The number of hydrogen-bond acceptors (Lipinski definition) is 4. The van der Waals surface area contributed by atoms with Crippen molar-refractivity contribution in [2.45, 2.75) is 33.2 Å². The van der Waals surface area contributed by atoms with Crippen molar-refractivity contribution in [2.24, 2.45) is 5.92 Å². The maximum atomic E-state index is 12.8. The number of para-hydroxylation sites is 2. The summed E-state index contributed by atoms with van der Waals surface area (Å²) in [5.74, 6) is 3.70. The first-order valence-corrected chi connectivity index (χ1v) is 11.0. The van der Waals surface area contributed by atoms with Gasteiger partial charge >= 0.3 is 0 Å². The zero-order valence-corrected chi connectivity index (χ0v) is 18.3. The maximum Gasteiger partial charge on any atom is 0.255 e. The van der Waals surface area contributed by atoms with Gasteiger partial charge in [0.05, 0.1) is 5.56 Å². The summed E-state index contributed by atoms with van der Waals surface area (Å²) in [5.41, 5.74) is 1.84. The highest BCUT2D eigenvalue weighted by Gasteiger charge is 2.22. The van der Waals surface area contributed by atoms with Gasteiger partial charge in [0.25, 0.3) is 5.91 Å². The number of piperidine rings is 1. The Kier molecular flexibility index (Phi) is 6.73. The molecule has 2 aromatic carbocycles. The molecule has 0 radical (unpaired) electrons. The summed E-state index contributed by atoms with van der Waals surface area (Å²) >= 11 is 0. The van der Waals surface area contributed by atoms with Gasteiger partial charge in [-0.2, -0.15) is 0 Å². The van der Waals surface area contributed by atoms with Gasteiger partial charge in [0.15, 0.2) is 0 Å². The summed E-state index contributed by atoms with van der Waals surface area (Å²) in [7, 11) is 0. The van der Waals surface area contributed by atoms with Crippen molar-refractivity contribution in [3.63, 3.8) is 0 Å². The summed E-state index contributed by atoms with van der Waals surface area (Å²) < 4.78 is 11.6. The quantitative estimate of drug-likeness (QED) is 0.563. The normalized spacial score (nSPS) is 15.0. The van der Waals surface area contributed by atoms with Crippen molar-refractivity contribution in [1.29, 1.82) is 0 Å². The molecule has 0 bridgehead atoms. The number of carbonyl (C=O) groups is 1. The van der Waals surface area contributed by atoms with Crippen LogP contribution in [0.4, 0.5) is 0 Å². The number of hydrogen-bond donors (Lipinski definition) is 1. The fourth-order valence-corrected chi connectivity index (χ4v) is 4.12. The standard InChI is InChI=1S/C26H30N2O3/c1-19-16-22(20(2)30-19)18-28-14-12-21(13-15-28)17-27-26(29)24-10-6-7-11-25(24)31-23-8-4-3-5-9-23/h3-11,16,21H,12-15,17-18H2,1-2H3,(H,27,29). The van der Waals surface area contributed by atoms with Gasteiger partial charge in [-0.05, 0) is 76.0 Å². The molecule has 162 valence electrons. The van der Waals surface area contributed by atoms with Crippen molar-refractivity contribution in [1.82, 2.24) is 10.2 Å². The molecule has 1 N–H and O–H groups in total. The van der Waals surface area contributed by atoms with E-state index in [1.165, 1.54) is 5.56 Å². The van der Waals surface area contributed by atoms with Crippen LogP contribution in [0.2, 0.25) is 0 Å². The zero-order chi connectivity index (χ0) is 21.6. The van der Waals surface area contributed by atoms with E-state index in [0.717, 1.165) is 49.7 Å². The number of ether oxygens (including phenoxy) is 1. The molecular formula is C26H30N2O3. The summed E-state index contributed by atoms with van der Waals surface area (Å²) in [4.78, 5) is 15.3.